The molecule has 0 spiro atoms. The second kappa shape index (κ2) is 7.72. The van der Waals surface area contributed by atoms with Crippen molar-refractivity contribution in [3.8, 4) is 0 Å². The van der Waals surface area contributed by atoms with Crippen LogP contribution in [-0.4, -0.2) is 35.4 Å². The van der Waals surface area contributed by atoms with Crippen LogP contribution in [0.2, 0.25) is 0 Å². The number of carbonyl (C=O) groups excluding carboxylic acids is 1. The Morgan fingerprint density at radius 2 is 1.84 bits per heavy atom. The van der Waals surface area contributed by atoms with Crippen LogP contribution < -0.4 is 5.32 Å². The van der Waals surface area contributed by atoms with E-state index < -0.39 is 4.92 Å². The minimum Gasteiger partial charge on any atom is -0.319 e. The zero-order valence-electron chi connectivity index (χ0n) is 13.7. The molecule has 25 heavy (non-hydrogen) atoms. The number of nitro groups is 1. The SMILES string of the molecule is O=C(CN1CC=C(c2ccccc2)CC1)Nc1ccccc1[N+](=O)[O-]. The smallest absolute Gasteiger partial charge is 0.292 e. The topological polar surface area (TPSA) is 75.5 Å². The predicted molar refractivity (Wildman–Crippen MR) is 97.2 cm³/mol. The Morgan fingerprint density at radius 1 is 1.12 bits per heavy atom. The molecule has 128 valence electrons. The van der Waals surface area contributed by atoms with Crippen LogP contribution in [0.25, 0.3) is 5.57 Å². The van der Waals surface area contributed by atoms with Crippen LogP contribution in [-0.2, 0) is 4.79 Å². The van der Waals surface area contributed by atoms with Gasteiger partial charge in [-0.2, -0.15) is 0 Å². The van der Waals surface area contributed by atoms with E-state index in [0.29, 0.717) is 6.54 Å². The van der Waals surface area contributed by atoms with E-state index in [1.165, 1.54) is 17.2 Å². The number of nitrogens with zero attached hydrogens (tertiary/aromatic N) is 2. The molecule has 6 heteroatoms. The van der Waals surface area contributed by atoms with Crippen molar-refractivity contribution < 1.29 is 9.72 Å². The van der Waals surface area contributed by atoms with Crippen molar-refractivity contribution in [2.75, 3.05) is 25.0 Å². The molecular formula is C19H19N3O3. The van der Waals surface area contributed by atoms with Crippen LogP contribution in [0, 0.1) is 10.1 Å². The average Bonchev–Trinajstić information content (AvgIpc) is 2.63. The van der Waals surface area contributed by atoms with Crippen LogP contribution in [0.5, 0.6) is 0 Å². The summed E-state index contributed by atoms with van der Waals surface area (Å²) < 4.78 is 0. The largest absolute Gasteiger partial charge is 0.319 e. The van der Waals surface area contributed by atoms with Gasteiger partial charge in [-0.1, -0.05) is 48.5 Å². The van der Waals surface area contributed by atoms with Gasteiger partial charge in [0.25, 0.3) is 5.69 Å². The molecule has 0 aromatic heterocycles. The summed E-state index contributed by atoms with van der Waals surface area (Å²) in [4.78, 5) is 24.7. The maximum atomic E-state index is 12.2. The highest BCUT2D eigenvalue weighted by Crippen LogP contribution is 2.24. The fraction of sp³-hybridized carbons (Fsp3) is 0.211. The van der Waals surface area contributed by atoms with Crippen molar-refractivity contribution in [3.63, 3.8) is 0 Å². The zero-order chi connectivity index (χ0) is 17.6. The van der Waals surface area contributed by atoms with E-state index in [1.54, 1.807) is 18.2 Å². The Kier molecular flexibility index (Phi) is 5.20. The van der Waals surface area contributed by atoms with Gasteiger partial charge in [-0.15, -0.1) is 0 Å². The second-order valence-corrected chi connectivity index (χ2v) is 5.90. The molecule has 1 amide bonds. The molecule has 2 aromatic rings. The summed E-state index contributed by atoms with van der Waals surface area (Å²) in [6, 6.07) is 16.4. The number of rotatable bonds is 5. The maximum absolute atomic E-state index is 12.2. The lowest BCUT2D eigenvalue weighted by Gasteiger charge is -2.25. The summed E-state index contributed by atoms with van der Waals surface area (Å²) in [5.74, 6) is -0.245. The van der Waals surface area contributed by atoms with Gasteiger partial charge < -0.3 is 5.32 Å². The Morgan fingerprint density at radius 3 is 2.52 bits per heavy atom. The summed E-state index contributed by atoms with van der Waals surface area (Å²) in [7, 11) is 0. The molecule has 1 N–H and O–H groups in total. The van der Waals surface area contributed by atoms with E-state index in [4.69, 9.17) is 0 Å². The molecule has 0 atom stereocenters. The minimum absolute atomic E-state index is 0.0965. The summed E-state index contributed by atoms with van der Waals surface area (Å²) >= 11 is 0. The third-order valence-corrected chi connectivity index (χ3v) is 4.18. The van der Waals surface area contributed by atoms with Gasteiger partial charge in [-0.3, -0.25) is 19.8 Å². The molecule has 2 aromatic carbocycles. The van der Waals surface area contributed by atoms with E-state index in [1.807, 2.05) is 23.1 Å². The molecular weight excluding hydrogens is 318 g/mol. The number of hydrogen-bond acceptors (Lipinski definition) is 4. The first-order valence-corrected chi connectivity index (χ1v) is 8.13. The summed E-state index contributed by atoms with van der Waals surface area (Å²) in [5.41, 5.74) is 2.64. The van der Waals surface area contributed by atoms with Crippen LogP contribution in [0.4, 0.5) is 11.4 Å². The van der Waals surface area contributed by atoms with Crippen molar-refractivity contribution in [2.24, 2.45) is 0 Å². The highest BCUT2D eigenvalue weighted by atomic mass is 16.6. The van der Waals surface area contributed by atoms with Crippen LogP contribution >= 0.6 is 0 Å². The van der Waals surface area contributed by atoms with Gasteiger partial charge in [-0.05, 0) is 23.6 Å². The quantitative estimate of drug-likeness (QED) is 0.671. The van der Waals surface area contributed by atoms with Gasteiger partial charge in [0, 0.05) is 19.2 Å². The highest BCUT2D eigenvalue weighted by Gasteiger charge is 2.18. The fourth-order valence-electron chi connectivity index (χ4n) is 2.90. The molecule has 1 aliphatic rings. The molecule has 1 aliphatic heterocycles. The Balaban J connectivity index is 1.58. The van der Waals surface area contributed by atoms with Gasteiger partial charge in [0.05, 0.1) is 11.5 Å². The van der Waals surface area contributed by atoms with E-state index in [2.05, 4.69) is 23.5 Å². The highest BCUT2D eigenvalue weighted by molar-refractivity contribution is 5.94. The number of para-hydroxylation sites is 2. The Bertz CT molecular complexity index is 803. The number of anilines is 1. The van der Waals surface area contributed by atoms with Crippen LogP contribution in [0.15, 0.2) is 60.7 Å². The molecule has 0 unspecified atom stereocenters. The summed E-state index contributed by atoms with van der Waals surface area (Å²) in [6.45, 7) is 1.68. The lowest BCUT2D eigenvalue weighted by atomic mass is 10.00. The monoisotopic (exact) mass is 337 g/mol. The van der Waals surface area contributed by atoms with Crippen molar-refractivity contribution >= 4 is 22.9 Å². The number of benzene rings is 2. The lowest BCUT2D eigenvalue weighted by molar-refractivity contribution is -0.383. The number of nitro benzene ring substituents is 1. The number of amides is 1. The zero-order valence-corrected chi connectivity index (χ0v) is 13.7. The lowest BCUT2D eigenvalue weighted by Crippen LogP contribution is -2.36. The van der Waals surface area contributed by atoms with Crippen LogP contribution in [0.1, 0.15) is 12.0 Å². The molecule has 6 nitrogen and oxygen atoms in total. The summed E-state index contributed by atoms with van der Waals surface area (Å²) in [6.07, 6.45) is 3.01. The first-order valence-electron chi connectivity index (χ1n) is 8.13. The molecule has 0 bridgehead atoms. The van der Waals surface area contributed by atoms with Gasteiger partial charge >= 0.3 is 0 Å². The van der Waals surface area contributed by atoms with Gasteiger partial charge in [0.15, 0.2) is 0 Å². The fourth-order valence-corrected chi connectivity index (χ4v) is 2.90. The predicted octanol–water partition coefficient (Wildman–Crippen LogP) is 3.32. The van der Waals surface area contributed by atoms with Crippen molar-refractivity contribution in [1.29, 1.82) is 0 Å². The van der Waals surface area contributed by atoms with Crippen LogP contribution in [0.3, 0.4) is 0 Å². The van der Waals surface area contributed by atoms with Gasteiger partial charge in [-0.25, -0.2) is 0 Å². The van der Waals surface area contributed by atoms with Crippen molar-refractivity contribution in [2.45, 2.75) is 6.42 Å². The van der Waals surface area contributed by atoms with Gasteiger partial charge in [0.2, 0.25) is 5.91 Å². The summed E-state index contributed by atoms with van der Waals surface area (Å²) in [5, 5.41) is 13.6. The first kappa shape index (κ1) is 16.9. The molecule has 0 radical (unpaired) electrons. The van der Waals surface area contributed by atoms with Gasteiger partial charge in [0.1, 0.15) is 5.69 Å². The molecule has 1 heterocycles. The molecule has 0 saturated heterocycles. The van der Waals surface area contributed by atoms with E-state index in [9.17, 15) is 14.9 Å². The van der Waals surface area contributed by atoms with Crippen molar-refractivity contribution in [3.05, 3.63) is 76.4 Å². The normalized spacial score (nSPS) is 14.6. The molecule has 3 rings (SSSR count). The Hall–Kier alpha value is -2.99. The second-order valence-electron chi connectivity index (χ2n) is 5.90. The third kappa shape index (κ3) is 4.30. The number of hydrogen-bond donors (Lipinski definition) is 1. The van der Waals surface area contributed by atoms with E-state index in [-0.39, 0.29) is 23.8 Å². The number of nitrogens with one attached hydrogen (secondary N) is 1. The van der Waals surface area contributed by atoms with E-state index >= 15 is 0 Å². The van der Waals surface area contributed by atoms with E-state index in [0.717, 1.165) is 13.0 Å². The molecule has 0 fully saturated rings. The average molecular weight is 337 g/mol. The first-order chi connectivity index (χ1) is 12.1. The molecule has 0 saturated carbocycles. The Labute approximate surface area is 145 Å². The molecule has 0 aliphatic carbocycles. The van der Waals surface area contributed by atoms with Crippen molar-refractivity contribution in [1.82, 2.24) is 4.90 Å². The number of carbonyl (C=O) groups is 1. The third-order valence-electron chi connectivity index (χ3n) is 4.18. The minimum atomic E-state index is -0.495. The maximum Gasteiger partial charge on any atom is 0.292 e. The standard InChI is InChI=1S/C19H19N3O3/c23-19(20-17-8-4-5-9-18(17)22(24)25)14-21-12-10-16(11-13-21)15-6-2-1-3-7-15/h1-10H,11-14H2,(H,20,23).